The van der Waals surface area contributed by atoms with Crippen LogP contribution in [-0.2, 0) is 34.5 Å². The fourth-order valence-corrected chi connectivity index (χ4v) is 3.22. The third kappa shape index (κ3) is 5.79. The van der Waals surface area contributed by atoms with Crippen molar-refractivity contribution in [2.45, 2.75) is 23.4 Å². The van der Waals surface area contributed by atoms with E-state index < -0.39 is 61.0 Å². The number of esters is 2. The van der Waals surface area contributed by atoms with Crippen LogP contribution >= 0.6 is 0 Å². The summed E-state index contributed by atoms with van der Waals surface area (Å²) in [6, 6.07) is 2.36. The van der Waals surface area contributed by atoms with Crippen LogP contribution < -0.4 is 4.18 Å². The van der Waals surface area contributed by atoms with Gasteiger partial charge < -0.3 is 13.7 Å². The molecule has 0 aliphatic carbocycles. The summed E-state index contributed by atoms with van der Waals surface area (Å²) in [6.07, 6.45) is 0. The van der Waals surface area contributed by atoms with E-state index in [4.69, 9.17) is 4.55 Å². The highest BCUT2D eigenvalue weighted by atomic mass is 32.2. The standard InChI is InChI=1S/C16H14F6O10S2/c1-9(2)12(23)30-7-8-31-13(24)10-3-5-11(6-4-10)32-34(28,29)16(21,22)14(17,18)15(19,20)33(25,26)27/h3-6H,1,7-8H2,2H3,(H,25,26,27). The van der Waals surface area contributed by atoms with Gasteiger partial charge in [0.1, 0.15) is 19.0 Å². The van der Waals surface area contributed by atoms with Crippen LogP contribution in [0.25, 0.3) is 0 Å². The van der Waals surface area contributed by atoms with Crippen LogP contribution in [0.5, 0.6) is 5.75 Å². The zero-order valence-corrected chi connectivity index (χ0v) is 18.3. The average Bonchev–Trinajstić information content (AvgIpc) is 2.69. The number of carbonyl (C=O) groups is 2. The number of benzene rings is 1. The Labute approximate surface area is 188 Å². The number of halogens is 6. The van der Waals surface area contributed by atoms with Gasteiger partial charge in [-0.25, -0.2) is 9.59 Å². The number of hydrogen-bond acceptors (Lipinski definition) is 9. The summed E-state index contributed by atoms with van der Waals surface area (Å²) < 4.78 is 146. The molecule has 0 spiro atoms. The van der Waals surface area contributed by atoms with Crippen molar-refractivity contribution in [3.05, 3.63) is 42.0 Å². The molecule has 0 aromatic heterocycles. The molecule has 1 aromatic carbocycles. The minimum Gasteiger partial charge on any atom is -0.459 e. The first kappa shape index (κ1) is 29.2. The van der Waals surface area contributed by atoms with Crippen molar-refractivity contribution < 1.29 is 71.0 Å². The van der Waals surface area contributed by atoms with Crippen LogP contribution in [0.15, 0.2) is 36.4 Å². The second-order valence-electron chi connectivity index (χ2n) is 6.20. The lowest BCUT2D eigenvalue weighted by molar-refractivity contribution is -0.247. The Morgan fingerprint density at radius 1 is 0.912 bits per heavy atom. The zero-order chi connectivity index (χ0) is 26.8. The first-order valence-electron chi connectivity index (χ1n) is 8.33. The average molecular weight is 544 g/mol. The Kier molecular flexibility index (Phi) is 8.40. The molecule has 34 heavy (non-hydrogen) atoms. The van der Waals surface area contributed by atoms with E-state index in [-0.39, 0.29) is 17.7 Å². The van der Waals surface area contributed by atoms with E-state index in [0.29, 0.717) is 24.3 Å². The molecule has 10 nitrogen and oxygen atoms in total. The van der Waals surface area contributed by atoms with Gasteiger partial charge in [0.15, 0.2) is 0 Å². The third-order valence-corrected chi connectivity index (χ3v) is 5.76. The maximum absolute atomic E-state index is 13.7. The van der Waals surface area contributed by atoms with E-state index >= 15 is 0 Å². The Balaban J connectivity index is 2.96. The summed E-state index contributed by atoms with van der Waals surface area (Å²) in [4.78, 5) is 22.9. The molecule has 0 radical (unpaired) electrons. The molecule has 192 valence electrons. The minimum absolute atomic E-state index is 0.0712. The molecule has 18 heteroatoms. The molecular weight excluding hydrogens is 530 g/mol. The summed E-state index contributed by atoms with van der Waals surface area (Å²) >= 11 is 0. The first-order chi connectivity index (χ1) is 15.2. The fourth-order valence-electron chi connectivity index (χ4n) is 1.79. The highest BCUT2D eigenvalue weighted by Gasteiger charge is 2.83. The van der Waals surface area contributed by atoms with Crippen LogP contribution in [0.1, 0.15) is 17.3 Å². The largest absolute Gasteiger partial charge is 0.459 e. The van der Waals surface area contributed by atoms with Crippen LogP contribution in [0.3, 0.4) is 0 Å². The molecule has 1 rings (SSSR count). The van der Waals surface area contributed by atoms with Crippen molar-refractivity contribution in [3.63, 3.8) is 0 Å². The molecule has 0 heterocycles. The smallest absolute Gasteiger partial charge is 0.450 e. The van der Waals surface area contributed by atoms with Crippen molar-refractivity contribution in [3.8, 4) is 5.75 Å². The summed E-state index contributed by atoms with van der Waals surface area (Å²) in [6.45, 7) is 3.85. The maximum Gasteiger partial charge on any atom is 0.450 e. The first-order valence-corrected chi connectivity index (χ1v) is 11.2. The lowest BCUT2D eigenvalue weighted by Crippen LogP contribution is -2.61. The quantitative estimate of drug-likeness (QED) is 0.110. The second-order valence-corrected chi connectivity index (χ2v) is 9.25. The molecule has 0 aliphatic rings. The van der Waals surface area contributed by atoms with Crippen molar-refractivity contribution in [2.24, 2.45) is 0 Å². The molecule has 0 atom stereocenters. The predicted octanol–water partition coefficient (Wildman–Crippen LogP) is 2.38. The van der Waals surface area contributed by atoms with Crippen molar-refractivity contribution in [1.29, 1.82) is 0 Å². The normalized spacial score (nSPS) is 13.2. The Morgan fingerprint density at radius 3 is 1.82 bits per heavy atom. The summed E-state index contributed by atoms with van der Waals surface area (Å²) in [5.41, 5.74) is -0.284. The van der Waals surface area contributed by atoms with E-state index in [9.17, 15) is 52.8 Å². The van der Waals surface area contributed by atoms with Gasteiger partial charge in [-0.2, -0.15) is 43.2 Å². The highest BCUT2D eigenvalue weighted by molar-refractivity contribution is 7.88. The number of ether oxygens (including phenoxy) is 2. The Hall–Kier alpha value is -2.86. The molecule has 0 aliphatic heterocycles. The van der Waals surface area contributed by atoms with Crippen LogP contribution in [0.4, 0.5) is 26.3 Å². The monoisotopic (exact) mass is 544 g/mol. The van der Waals surface area contributed by atoms with Gasteiger partial charge in [-0.3, -0.25) is 4.55 Å². The summed E-state index contributed by atoms with van der Waals surface area (Å²) in [5, 5.41) is -13.8. The van der Waals surface area contributed by atoms with Gasteiger partial charge in [0.25, 0.3) is 0 Å². The molecule has 1 N–H and O–H groups in total. The van der Waals surface area contributed by atoms with Gasteiger partial charge >= 0.3 is 48.6 Å². The highest BCUT2D eigenvalue weighted by Crippen LogP contribution is 2.50. The summed E-state index contributed by atoms with van der Waals surface area (Å²) in [7, 11) is -14.2. The third-order valence-electron chi connectivity index (χ3n) is 3.56. The molecule has 0 amide bonds. The fraction of sp³-hybridized carbons (Fsp3) is 0.375. The Bertz CT molecular complexity index is 1160. The van der Waals surface area contributed by atoms with Gasteiger partial charge in [-0.05, 0) is 31.2 Å². The number of alkyl halides is 6. The molecule has 0 saturated heterocycles. The molecule has 0 fully saturated rings. The molecular formula is C16H14F6O10S2. The predicted molar refractivity (Wildman–Crippen MR) is 98.4 cm³/mol. The zero-order valence-electron chi connectivity index (χ0n) is 16.6. The van der Waals surface area contributed by atoms with Crippen molar-refractivity contribution in [2.75, 3.05) is 13.2 Å². The van der Waals surface area contributed by atoms with Gasteiger partial charge in [0, 0.05) is 5.57 Å². The number of carbonyl (C=O) groups excluding carboxylic acids is 2. The number of rotatable bonds is 11. The van der Waals surface area contributed by atoms with Gasteiger partial charge in [0.2, 0.25) is 0 Å². The van der Waals surface area contributed by atoms with E-state index in [0.717, 1.165) is 0 Å². The van der Waals surface area contributed by atoms with Crippen LogP contribution in [-0.4, -0.2) is 63.0 Å². The molecule has 0 unspecified atom stereocenters. The van der Waals surface area contributed by atoms with Crippen LogP contribution in [0.2, 0.25) is 0 Å². The topological polar surface area (TPSA) is 150 Å². The van der Waals surface area contributed by atoms with Gasteiger partial charge in [-0.1, -0.05) is 6.58 Å². The van der Waals surface area contributed by atoms with E-state index in [2.05, 4.69) is 20.2 Å². The second kappa shape index (κ2) is 9.79. The van der Waals surface area contributed by atoms with Crippen molar-refractivity contribution >= 4 is 32.2 Å². The van der Waals surface area contributed by atoms with E-state index in [1.165, 1.54) is 6.92 Å². The number of hydrogen-bond donors (Lipinski definition) is 1. The lowest BCUT2D eigenvalue weighted by atomic mass is 10.2. The maximum atomic E-state index is 13.7. The van der Waals surface area contributed by atoms with Gasteiger partial charge in [0.05, 0.1) is 5.56 Å². The molecule has 0 saturated carbocycles. The SMILES string of the molecule is C=C(C)C(=O)OCCOC(=O)c1ccc(OS(=O)(=O)C(F)(F)C(F)(F)C(F)(F)S(=O)(=O)O)cc1. The Morgan fingerprint density at radius 2 is 1.38 bits per heavy atom. The molecule has 0 bridgehead atoms. The molecule has 1 aromatic rings. The van der Waals surface area contributed by atoms with Crippen LogP contribution in [0, 0.1) is 0 Å². The lowest BCUT2D eigenvalue weighted by Gasteiger charge is -2.29. The van der Waals surface area contributed by atoms with Gasteiger partial charge in [-0.15, -0.1) is 0 Å². The van der Waals surface area contributed by atoms with E-state index in [1.807, 2.05) is 0 Å². The van der Waals surface area contributed by atoms with Crippen molar-refractivity contribution in [1.82, 2.24) is 0 Å². The minimum atomic E-state index is -7.18. The van der Waals surface area contributed by atoms with E-state index in [1.54, 1.807) is 0 Å². The summed E-state index contributed by atoms with van der Waals surface area (Å²) in [5.74, 6) is -10.2.